The van der Waals surface area contributed by atoms with Crippen molar-refractivity contribution in [3.05, 3.63) is 0 Å². The Labute approximate surface area is 87.4 Å². The standard InChI is InChI=1S/C9H17F3N2O/c1-7-5-14(2-3-15-7)6-8(4-13)9(10,11)12/h7-8H,2-6,13H2,1H3. The first-order chi connectivity index (χ1) is 6.93. The predicted octanol–water partition coefficient (Wildman–Crippen LogP) is 0.844. The topological polar surface area (TPSA) is 38.5 Å². The Bertz CT molecular complexity index is 198. The highest BCUT2D eigenvalue weighted by molar-refractivity contribution is 4.76. The Kier molecular flexibility index (Phi) is 4.36. The van der Waals surface area contributed by atoms with Crippen molar-refractivity contribution < 1.29 is 17.9 Å². The molecular formula is C9H17F3N2O. The number of halogens is 3. The average Bonchev–Trinajstić information content (AvgIpc) is 2.12. The molecule has 2 atom stereocenters. The molecule has 90 valence electrons. The second-order valence-electron chi connectivity index (χ2n) is 3.92. The van der Waals surface area contributed by atoms with E-state index in [2.05, 4.69) is 0 Å². The molecule has 0 radical (unpaired) electrons. The van der Waals surface area contributed by atoms with Crippen LogP contribution in [0.15, 0.2) is 0 Å². The molecule has 6 heteroatoms. The molecule has 1 rings (SSSR count). The van der Waals surface area contributed by atoms with Crippen LogP contribution in [0.3, 0.4) is 0 Å². The third-order valence-electron chi connectivity index (χ3n) is 2.55. The molecule has 1 fully saturated rings. The molecule has 3 nitrogen and oxygen atoms in total. The summed E-state index contributed by atoms with van der Waals surface area (Å²) >= 11 is 0. The highest BCUT2D eigenvalue weighted by Crippen LogP contribution is 2.26. The second-order valence-corrected chi connectivity index (χ2v) is 3.92. The van der Waals surface area contributed by atoms with Gasteiger partial charge in [0.25, 0.3) is 0 Å². The van der Waals surface area contributed by atoms with Crippen molar-refractivity contribution >= 4 is 0 Å². The minimum absolute atomic E-state index is 0.00501. The van der Waals surface area contributed by atoms with Gasteiger partial charge in [0.1, 0.15) is 0 Å². The maximum Gasteiger partial charge on any atom is 0.394 e. The van der Waals surface area contributed by atoms with E-state index in [0.29, 0.717) is 19.7 Å². The third-order valence-corrected chi connectivity index (χ3v) is 2.55. The highest BCUT2D eigenvalue weighted by atomic mass is 19.4. The van der Waals surface area contributed by atoms with Gasteiger partial charge in [-0.25, -0.2) is 0 Å². The molecule has 2 N–H and O–H groups in total. The summed E-state index contributed by atoms with van der Waals surface area (Å²) in [7, 11) is 0. The van der Waals surface area contributed by atoms with Gasteiger partial charge in [-0.2, -0.15) is 13.2 Å². The zero-order valence-corrected chi connectivity index (χ0v) is 8.76. The van der Waals surface area contributed by atoms with E-state index in [-0.39, 0.29) is 19.2 Å². The molecule has 0 spiro atoms. The van der Waals surface area contributed by atoms with Crippen LogP contribution in [0.4, 0.5) is 13.2 Å². The van der Waals surface area contributed by atoms with Crippen molar-refractivity contribution in [3.8, 4) is 0 Å². The third kappa shape index (κ3) is 3.96. The normalized spacial score (nSPS) is 26.6. The Morgan fingerprint density at radius 1 is 1.53 bits per heavy atom. The largest absolute Gasteiger partial charge is 0.394 e. The van der Waals surface area contributed by atoms with Gasteiger partial charge in [0.2, 0.25) is 0 Å². The summed E-state index contributed by atoms with van der Waals surface area (Å²) in [6, 6.07) is 0. The van der Waals surface area contributed by atoms with Crippen molar-refractivity contribution in [3.63, 3.8) is 0 Å². The number of alkyl halides is 3. The molecule has 2 unspecified atom stereocenters. The van der Waals surface area contributed by atoms with Gasteiger partial charge in [-0.15, -0.1) is 0 Å². The fourth-order valence-corrected chi connectivity index (χ4v) is 1.68. The van der Waals surface area contributed by atoms with Gasteiger partial charge in [0, 0.05) is 26.2 Å². The minimum atomic E-state index is -4.20. The van der Waals surface area contributed by atoms with Gasteiger partial charge in [-0.1, -0.05) is 0 Å². The van der Waals surface area contributed by atoms with Crippen LogP contribution in [0.2, 0.25) is 0 Å². The van der Waals surface area contributed by atoms with Crippen LogP contribution in [0.5, 0.6) is 0 Å². The SMILES string of the molecule is CC1CN(CC(CN)C(F)(F)F)CCO1. The van der Waals surface area contributed by atoms with Gasteiger partial charge in [-0.3, -0.25) is 4.90 Å². The Morgan fingerprint density at radius 2 is 2.20 bits per heavy atom. The van der Waals surface area contributed by atoms with E-state index in [1.54, 1.807) is 4.90 Å². The zero-order valence-electron chi connectivity index (χ0n) is 8.76. The molecule has 15 heavy (non-hydrogen) atoms. The molecule has 1 aliphatic rings. The minimum Gasteiger partial charge on any atom is -0.376 e. The molecule has 1 heterocycles. The summed E-state index contributed by atoms with van der Waals surface area (Å²) in [5, 5.41) is 0. The first kappa shape index (κ1) is 12.7. The summed E-state index contributed by atoms with van der Waals surface area (Å²) in [6.07, 6.45) is -4.19. The van der Waals surface area contributed by atoms with Crippen LogP contribution in [-0.2, 0) is 4.74 Å². The number of ether oxygens (including phenoxy) is 1. The quantitative estimate of drug-likeness (QED) is 0.775. The van der Waals surface area contributed by atoms with Gasteiger partial charge in [0.05, 0.1) is 18.6 Å². The smallest absolute Gasteiger partial charge is 0.376 e. The number of hydrogen-bond donors (Lipinski definition) is 1. The lowest BCUT2D eigenvalue weighted by molar-refractivity contribution is -0.179. The van der Waals surface area contributed by atoms with Gasteiger partial charge >= 0.3 is 6.18 Å². The van der Waals surface area contributed by atoms with E-state index in [0.717, 1.165) is 0 Å². The number of nitrogens with two attached hydrogens (primary N) is 1. The predicted molar refractivity (Wildman–Crippen MR) is 50.5 cm³/mol. The second kappa shape index (κ2) is 5.14. The van der Waals surface area contributed by atoms with E-state index in [4.69, 9.17) is 10.5 Å². The maximum absolute atomic E-state index is 12.4. The molecule has 0 aromatic heterocycles. The first-order valence-electron chi connectivity index (χ1n) is 5.04. The van der Waals surface area contributed by atoms with Crippen LogP contribution in [-0.4, -0.2) is 50.0 Å². The number of nitrogens with zero attached hydrogens (tertiary/aromatic N) is 1. The molecule has 0 bridgehead atoms. The summed E-state index contributed by atoms with van der Waals surface area (Å²) < 4.78 is 42.6. The fourth-order valence-electron chi connectivity index (χ4n) is 1.68. The Morgan fingerprint density at radius 3 is 2.67 bits per heavy atom. The average molecular weight is 226 g/mol. The maximum atomic E-state index is 12.4. The first-order valence-corrected chi connectivity index (χ1v) is 5.04. The summed E-state index contributed by atoms with van der Waals surface area (Å²) in [6.45, 7) is 3.08. The Hall–Kier alpha value is -0.330. The van der Waals surface area contributed by atoms with Crippen molar-refractivity contribution in [1.29, 1.82) is 0 Å². The number of rotatable bonds is 3. The lowest BCUT2D eigenvalue weighted by atomic mass is 10.1. The summed E-state index contributed by atoms with van der Waals surface area (Å²) in [5.74, 6) is -1.43. The van der Waals surface area contributed by atoms with Crippen molar-refractivity contribution in [1.82, 2.24) is 4.90 Å². The zero-order chi connectivity index (χ0) is 11.5. The number of morpholine rings is 1. The Balaban J connectivity index is 2.44. The van der Waals surface area contributed by atoms with Gasteiger partial charge in [-0.05, 0) is 6.92 Å². The van der Waals surface area contributed by atoms with Gasteiger partial charge in [0.15, 0.2) is 0 Å². The number of hydrogen-bond acceptors (Lipinski definition) is 3. The molecule has 0 aromatic rings. The van der Waals surface area contributed by atoms with Crippen LogP contribution in [0.25, 0.3) is 0 Å². The van der Waals surface area contributed by atoms with Crippen LogP contribution in [0.1, 0.15) is 6.92 Å². The van der Waals surface area contributed by atoms with E-state index in [9.17, 15) is 13.2 Å². The van der Waals surface area contributed by atoms with E-state index < -0.39 is 12.1 Å². The molecule has 0 amide bonds. The molecule has 0 aromatic carbocycles. The van der Waals surface area contributed by atoms with Crippen LogP contribution >= 0.6 is 0 Å². The van der Waals surface area contributed by atoms with Crippen molar-refractivity contribution in [2.45, 2.75) is 19.2 Å². The summed E-state index contributed by atoms with van der Waals surface area (Å²) in [5.41, 5.74) is 5.13. The fraction of sp³-hybridized carbons (Fsp3) is 1.00. The van der Waals surface area contributed by atoms with E-state index in [1.165, 1.54) is 0 Å². The van der Waals surface area contributed by atoms with Gasteiger partial charge < -0.3 is 10.5 Å². The monoisotopic (exact) mass is 226 g/mol. The molecule has 1 aliphatic heterocycles. The van der Waals surface area contributed by atoms with Crippen LogP contribution in [0, 0.1) is 5.92 Å². The molecule has 1 saturated heterocycles. The van der Waals surface area contributed by atoms with Crippen LogP contribution < -0.4 is 5.73 Å². The molecule has 0 saturated carbocycles. The van der Waals surface area contributed by atoms with Crippen molar-refractivity contribution in [2.24, 2.45) is 11.7 Å². The lowest BCUT2D eigenvalue weighted by Gasteiger charge is -2.33. The van der Waals surface area contributed by atoms with E-state index in [1.807, 2.05) is 6.92 Å². The molecular weight excluding hydrogens is 209 g/mol. The molecule has 0 aliphatic carbocycles. The lowest BCUT2D eigenvalue weighted by Crippen LogP contribution is -2.47. The van der Waals surface area contributed by atoms with E-state index >= 15 is 0 Å². The highest BCUT2D eigenvalue weighted by Gasteiger charge is 2.39. The summed E-state index contributed by atoms with van der Waals surface area (Å²) in [4.78, 5) is 1.76. The van der Waals surface area contributed by atoms with Crippen molar-refractivity contribution in [2.75, 3.05) is 32.8 Å².